The van der Waals surface area contributed by atoms with E-state index in [1.165, 1.54) is 12.1 Å². The lowest BCUT2D eigenvalue weighted by Crippen LogP contribution is -2.16. The molecule has 0 aliphatic rings. The first-order chi connectivity index (χ1) is 12.1. The summed E-state index contributed by atoms with van der Waals surface area (Å²) >= 11 is 5.90. The van der Waals surface area contributed by atoms with Gasteiger partial charge in [-0.25, -0.2) is 4.79 Å². The predicted octanol–water partition coefficient (Wildman–Crippen LogP) is 4.29. The van der Waals surface area contributed by atoms with Gasteiger partial charge in [0, 0.05) is 35.1 Å². The van der Waals surface area contributed by atoms with Crippen LogP contribution in [0.25, 0.3) is 0 Å². The molecule has 0 saturated carbocycles. The summed E-state index contributed by atoms with van der Waals surface area (Å²) in [5, 5.41) is 10.8. The van der Waals surface area contributed by atoms with Crippen LogP contribution in [0.3, 0.4) is 0 Å². The number of hydrogen-bond donors (Lipinski definition) is 0. The van der Waals surface area contributed by atoms with E-state index in [0.717, 1.165) is 17.5 Å². The van der Waals surface area contributed by atoms with E-state index in [0.29, 0.717) is 5.56 Å². The largest absolute Gasteiger partial charge is 0.454 e. The van der Waals surface area contributed by atoms with Gasteiger partial charge in [-0.05, 0) is 39.8 Å². The standard InChI is InChI=1S/C18H19ClN2O5/c1-10(2)20-11(3)7-14(12(20)4)17(22)9-26-18(23)15-8-13(21(24)25)5-6-16(15)19/h5-8,10H,9H2,1-4H3. The van der Waals surface area contributed by atoms with Gasteiger partial charge in [0.2, 0.25) is 5.78 Å². The van der Waals surface area contributed by atoms with Gasteiger partial charge >= 0.3 is 5.97 Å². The summed E-state index contributed by atoms with van der Waals surface area (Å²) in [5.41, 5.74) is 1.78. The summed E-state index contributed by atoms with van der Waals surface area (Å²) in [6.45, 7) is 7.29. The van der Waals surface area contributed by atoms with Crippen LogP contribution in [-0.2, 0) is 4.74 Å². The van der Waals surface area contributed by atoms with E-state index in [1.807, 2.05) is 32.3 Å². The lowest BCUT2D eigenvalue weighted by molar-refractivity contribution is -0.384. The summed E-state index contributed by atoms with van der Waals surface area (Å²) in [4.78, 5) is 34.8. The van der Waals surface area contributed by atoms with E-state index in [2.05, 4.69) is 0 Å². The fourth-order valence-corrected chi connectivity index (χ4v) is 3.12. The maximum atomic E-state index is 12.4. The van der Waals surface area contributed by atoms with Crippen molar-refractivity contribution in [1.29, 1.82) is 0 Å². The number of nitro groups is 1. The van der Waals surface area contributed by atoms with Gasteiger partial charge in [0.05, 0.1) is 15.5 Å². The van der Waals surface area contributed by atoms with Gasteiger partial charge in [0.15, 0.2) is 6.61 Å². The normalized spacial score (nSPS) is 10.8. The Bertz CT molecular complexity index is 886. The summed E-state index contributed by atoms with van der Waals surface area (Å²) in [6.07, 6.45) is 0. The average Bonchev–Trinajstić information content (AvgIpc) is 2.87. The van der Waals surface area contributed by atoms with Crippen LogP contribution >= 0.6 is 11.6 Å². The van der Waals surface area contributed by atoms with Crippen molar-refractivity contribution in [2.75, 3.05) is 6.61 Å². The number of ketones is 1. The molecule has 0 unspecified atom stereocenters. The van der Waals surface area contributed by atoms with Crippen LogP contribution < -0.4 is 0 Å². The number of ether oxygens (including phenoxy) is 1. The van der Waals surface area contributed by atoms with Crippen molar-refractivity contribution in [3.8, 4) is 0 Å². The molecule has 8 heteroatoms. The fraction of sp³-hybridized carbons (Fsp3) is 0.333. The van der Waals surface area contributed by atoms with Crippen molar-refractivity contribution in [3.63, 3.8) is 0 Å². The van der Waals surface area contributed by atoms with Gasteiger partial charge in [0.1, 0.15) is 0 Å². The van der Waals surface area contributed by atoms with Gasteiger partial charge in [0.25, 0.3) is 5.69 Å². The second-order valence-corrected chi connectivity index (χ2v) is 6.58. The lowest BCUT2D eigenvalue weighted by atomic mass is 10.1. The van der Waals surface area contributed by atoms with Gasteiger partial charge < -0.3 is 9.30 Å². The van der Waals surface area contributed by atoms with E-state index in [1.54, 1.807) is 6.07 Å². The van der Waals surface area contributed by atoms with Crippen LogP contribution in [0.2, 0.25) is 5.02 Å². The molecule has 0 atom stereocenters. The number of esters is 1. The number of carbonyl (C=O) groups is 2. The molecule has 0 aliphatic heterocycles. The first kappa shape index (κ1) is 19.7. The molecule has 138 valence electrons. The summed E-state index contributed by atoms with van der Waals surface area (Å²) in [6, 6.07) is 5.41. The Morgan fingerprint density at radius 3 is 2.42 bits per heavy atom. The number of Topliss-reactive ketones (excluding diaryl/α,β-unsaturated/α-hetero) is 1. The zero-order chi connectivity index (χ0) is 19.6. The van der Waals surface area contributed by atoms with Gasteiger partial charge in [-0.15, -0.1) is 0 Å². The number of hydrogen-bond acceptors (Lipinski definition) is 5. The zero-order valence-electron chi connectivity index (χ0n) is 14.9. The minimum atomic E-state index is -0.885. The van der Waals surface area contributed by atoms with E-state index in [4.69, 9.17) is 16.3 Å². The molecular weight excluding hydrogens is 360 g/mol. The Morgan fingerprint density at radius 2 is 1.88 bits per heavy atom. The maximum absolute atomic E-state index is 12.4. The summed E-state index contributed by atoms with van der Waals surface area (Å²) in [5.74, 6) is -1.23. The van der Waals surface area contributed by atoms with E-state index in [-0.39, 0.29) is 28.1 Å². The molecule has 0 amide bonds. The number of aromatic nitrogens is 1. The number of benzene rings is 1. The van der Waals surface area contributed by atoms with Crippen molar-refractivity contribution in [2.24, 2.45) is 0 Å². The Labute approximate surface area is 155 Å². The molecule has 0 aliphatic carbocycles. The third-order valence-corrected chi connectivity index (χ3v) is 4.35. The van der Waals surface area contributed by atoms with Crippen LogP contribution in [0.4, 0.5) is 5.69 Å². The van der Waals surface area contributed by atoms with Crippen LogP contribution in [0.15, 0.2) is 24.3 Å². The van der Waals surface area contributed by atoms with E-state index < -0.39 is 17.5 Å². The van der Waals surface area contributed by atoms with Crippen molar-refractivity contribution >= 4 is 29.0 Å². The van der Waals surface area contributed by atoms with Crippen molar-refractivity contribution in [2.45, 2.75) is 33.7 Å². The SMILES string of the molecule is Cc1cc(C(=O)COC(=O)c2cc([N+](=O)[O-])ccc2Cl)c(C)n1C(C)C. The lowest BCUT2D eigenvalue weighted by Gasteiger charge is -2.13. The summed E-state index contributed by atoms with van der Waals surface area (Å²) in [7, 11) is 0. The number of nitrogens with zero attached hydrogens (tertiary/aromatic N) is 2. The second-order valence-electron chi connectivity index (χ2n) is 6.17. The third-order valence-electron chi connectivity index (χ3n) is 4.02. The number of halogens is 1. The molecule has 0 N–H and O–H groups in total. The molecule has 26 heavy (non-hydrogen) atoms. The molecule has 2 aromatic rings. The van der Waals surface area contributed by atoms with Crippen molar-refractivity contribution in [1.82, 2.24) is 4.57 Å². The molecule has 2 rings (SSSR count). The monoisotopic (exact) mass is 378 g/mol. The molecule has 0 spiro atoms. The first-order valence-corrected chi connectivity index (χ1v) is 8.34. The number of aryl methyl sites for hydroxylation is 1. The smallest absolute Gasteiger partial charge is 0.340 e. The van der Waals surface area contributed by atoms with Crippen molar-refractivity contribution in [3.05, 3.63) is 61.9 Å². The molecule has 0 radical (unpaired) electrons. The number of non-ortho nitro benzene ring substituents is 1. The number of rotatable bonds is 6. The fourth-order valence-electron chi connectivity index (χ4n) is 2.92. The minimum Gasteiger partial charge on any atom is -0.454 e. The Balaban J connectivity index is 2.15. The highest BCUT2D eigenvalue weighted by molar-refractivity contribution is 6.33. The van der Waals surface area contributed by atoms with Crippen LogP contribution in [0, 0.1) is 24.0 Å². The highest BCUT2D eigenvalue weighted by Gasteiger charge is 2.21. The molecule has 1 aromatic heterocycles. The van der Waals surface area contributed by atoms with E-state index in [9.17, 15) is 19.7 Å². The highest BCUT2D eigenvalue weighted by atomic mass is 35.5. The topological polar surface area (TPSA) is 91.4 Å². The predicted molar refractivity (Wildman–Crippen MR) is 97.0 cm³/mol. The molecule has 0 fully saturated rings. The molecule has 0 bridgehead atoms. The Hall–Kier alpha value is -2.67. The second kappa shape index (κ2) is 7.70. The van der Waals surface area contributed by atoms with Gasteiger partial charge in [-0.2, -0.15) is 0 Å². The van der Waals surface area contributed by atoms with Crippen LogP contribution in [0.1, 0.15) is 52.0 Å². The molecule has 0 saturated heterocycles. The quantitative estimate of drug-likeness (QED) is 0.323. The molecular formula is C18H19ClN2O5. The van der Waals surface area contributed by atoms with Gasteiger partial charge in [-0.3, -0.25) is 14.9 Å². The number of carbonyl (C=O) groups excluding carboxylic acids is 2. The Morgan fingerprint density at radius 1 is 1.23 bits per heavy atom. The molecule has 1 aromatic carbocycles. The maximum Gasteiger partial charge on any atom is 0.340 e. The minimum absolute atomic E-state index is 0.0195. The molecule has 1 heterocycles. The van der Waals surface area contributed by atoms with Crippen molar-refractivity contribution < 1.29 is 19.2 Å². The average molecular weight is 379 g/mol. The zero-order valence-corrected chi connectivity index (χ0v) is 15.7. The third kappa shape index (κ3) is 3.94. The van der Waals surface area contributed by atoms with Gasteiger partial charge in [-0.1, -0.05) is 11.6 Å². The Kier molecular flexibility index (Phi) is 5.82. The summed E-state index contributed by atoms with van der Waals surface area (Å²) < 4.78 is 7.04. The highest BCUT2D eigenvalue weighted by Crippen LogP contribution is 2.24. The number of nitro benzene ring substituents is 1. The van der Waals surface area contributed by atoms with Crippen LogP contribution in [0.5, 0.6) is 0 Å². The van der Waals surface area contributed by atoms with Crippen LogP contribution in [-0.4, -0.2) is 27.8 Å². The first-order valence-electron chi connectivity index (χ1n) is 7.96. The van der Waals surface area contributed by atoms with E-state index >= 15 is 0 Å². The molecule has 7 nitrogen and oxygen atoms in total.